The van der Waals surface area contributed by atoms with Crippen molar-refractivity contribution < 1.29 is 28.8 Å². The molecule has 0 bridgehead atoms. The van der Waals surface area contributed by atoms with Crippen LogP contribution in [-0.2, 0) is 0 Å². The Balaban J connectivity index is 2.22. The van der Waals surface area contributed by atoms with E-state index in [1.165, 1.54) is 18.4 Å². The molecule has 0 amide bonds. The fourth-order valence-corrected chi connectivity index (χ4v) is 3.93. The lowest BCUT2D eigenvalue weighted by molar-refractivity contribution is 0.0702. The summed E-state index contributed by atoms with van der Waals surface area (Å²) in [6.07, 6.45) is 0. The maximum absolute atomic E-state index is 11.6. The van der Waals surface area contributed by atoms with Gasteiger partial charge in [-0.3, -0.25) is 0 Å². The van der Waals surface area contributed by atoms with Crippen LogP contribution in [-0.4, -0.2) is 39.5 Å². The van der Waals surface area contributed by atoms with Crippen molar-refractivity contribution in [2.75, 3.05) is 28.4 Å². The Morgan fingerprint density at radius 1 is 0.821 bits per heavy atom. The predicted octanol–water partition coefficient (Wildman–Crippen LogP) is 4.81. The van der Waals surface area contributed by atoms with E-state index in [9.17, 15) is 9.90 Å². The van der Waals surface area contributed by atoms with Gasteiger partial charge in [-0.25, -0.2) is 4.79 Å². The maximum atomic E-state index is 11.6. The molecule has 0 saturated heterocycles. The van der Waals surface area contributed by atoms with E-state index in [4.69, 9.17) is 18.9 Å². The molecule has 28 heavy (non-hydrogen) atoms. The van der Waals surface area contributed by atoms with Crippen LogP contribution in [0.25, 0.3) is 21.6 Å². The summed E-state index contributed by atoms with van der Waals surface area (Å²) in [6, 6.07) is 12.8. The van der Waals surface area contributed by atoms with Crippen LogP contribution in [0.4, 0.5) is 0 Å². The first-order chi connectivity index (χ1) is 13.5. The summed E-state index contributed by atoms with van der Waals surface area (Å²) < 4.78 is 21.5. The third-order valence-electron chi connectivity index (χ3n) is 4.27. The van der Waals surface area contributed by atoms with Crippen molar-refractivity contribution in [3.05, 3.63) is 47.3 Å². The highest BCUT2D eigenvalue weighted by Gasteiger charge is 2.20. The number of hydrogen-bond acceptors (Lipinski definition) is 6. The number of methoxy groups -OCH3 is 4. The summed E-state index contributed by atoms with van der Waals surface area (Å²) in [5.41, 5.74) is 2.43. The average molecular weight is 400 g/mol. The quantitative estimate of drug-likeness (QED) is 0.613. The van der Waals surface area contributed by atoms with Crippen LogP contribution in [0.5, 0.6) is 23.0 Å². The van der Waals surface area contributed by atoms with Gasteiger partial charge in [-0.2, -0.15) is 0 Å². The molecule has 1 N–H and O–H groups in total. The number of ether oxygens (including phenoxy) is 4. The first-order valence-electron chi connectivity index (χ1n) is 8.34. The van der Waals surface area contributed by atoms with E-state index in [0.29, 0.717) is 17.2 Å². The number of thiophene rings is 1. The van der Waals surface area contributed by atoms with Crippen LogP contribution in [0.1, 0.15) is 9.67 Å². The minimum Gasteiger partial charge on any atom is -0.497 e. The topological polar surface area (TPSA) is 74.2 Å². The van der Waals surface area contributed by atoms with E-state index in [-0.39, 0.29) is 4.88 Å². The van der Waals surface area contributed by atoms with Crippen LogP contribution >= 0.6 is 11.3 Å². The Kier molecular flexibility index (Phi) is 5.75. The fourth-order valence-electron chi connectivity index (χ4n) is 2.90. The molecular formula is C21H20O6S. The third-order valence-corrected chi connectivity index (χ3v) is 5.44. The molecule has 3 aromatic rings. The summed E-state index contributed by atoms with van der Waals surface area (Å²) >= 11 is 1.21. The summed E-state index contributed by atoms with van der Waals surface area (Å²) in [5.74, 6) is 1.24. The van der Waals surface area contributed by atoms with Crippen molar-refractivity contribution in [3.63, 3.8) is 0 Å². The maximum Gasteiger partial charge on any atom is 0.345 e. The number of aromatic carboxylic acids is 1. The lowest BCUT2D eigenvalue weighted by atomic mass is 10.0. The Labute approximate surface area is 166 Å². The molecule has 6 nitrogen and oxygen atoms in total. The van der Waals surface area contributed by atoms with E-state index >= 15 is 0 Å². The van der Waals surface area contributed by atoms with E-state index in [2.05, 4.69) is 0 Å². The zero-order valence-corrected chi connectivity index (χ0v) is 16.8. The number of carbonyl (C=O) groups is 1. The van der Waals surface area contributed by atoms with Gasteiger partial charge in [-0.1, -0.05) is 0 Å². The SMILES string of the molecule is COc1ccc(-c2sc(C(=O)O)cc2-c2cc(OC)c(OC)c(OC)c2)cc1. The number of benzene rings is 2. The first kappa shape index (κ1) is 19.6. The molecule has 2 aromatic carbocycles. The van der Waals surface area contributed by atoms with E-state index in [1.54, 1.807) is 27.4 Å². The van der Waals surface area contributed by atoms with Crippen molar-refractivity contribution >= 4 is 17.3 Å². The van der Waals surface area contributed by atoms with Gasteiger partial charge in [0.25, 0.3) is 0 Å². The molecule has 0 spiro atoms. The minimum atomic E-state index is -0.974. The summed E-state index contributed by atoms with van der Waals surface area (Å²) in [5, 5.41) is 9.50. The Bertz CT molecular complexity index is 966. The molecular weight excluding hydrogens is 380 g/mol. The Morgan fingerprint density at radius 2 is 1.43 bits per heavy atom. The van der Waals surface area contributed by atoms with Crippen LogP contribution in [0, 0.1) is 0 Å². The molecule has 0 saturated carbocycles. The molecule has 7 heteroatoms. The standard InChI is InChI=1S/C21H20O6S/c1-24-14-7-5-12(6-8-14)20-15(11-18(28-20)21(22)23)13-9-16(25-2)19(27-4)17(10-13)26-3/h5-11H,1-4H3,(H,22,23). The van der Waals surface area contributed by atoms with Gasteiger partial charge >= 0.3 is 5.97 Å². The molecule has 1 aromatic heterocycles. The van der Waals surface area contributed by atoms with Crippen molar-refractivity contribution in [1.29, 1.82) is 0 Å². The summed E-state index contributed by atoms with van der Waals surface area (Å²) in [7, 11) is 6.23. The van der Waals surface area contributed by atoms with Crippen molar-refractivity contribution in [2.45, 2.75) is 0 Å². The van der Waals surface area contributed by atoms with Gasteiger partial charge in [0, 0.05) is 10.4 Å². The molecule has 0 atom stereocenters. The van der Waals surface area contributed by atoms with E-state index in [0.717, 1.165) is 27.3 Å². The van der Waals surface area contributed by atoms with E-state index in [1.807, 2.05) is 36.4 Å². The second-order valence-corrected chi connectivity index (χ2v) is 6.85. The summed E-state index contributed by atoms with van der Waals surface area (Å²) in [6.45, 7) is 0. The highest BCUT2D eigenvalue weighted by molar-refractivity contribution is 7.18. The van der Waals surface area contributed by atoms with Gasteiger partial charge < -0.3 is 24.1 Å². The highest BCUT2D eigenvalue weighted by atomic mass is 32.1. The molecule has 0 fully saturated rings. The lowest BCUT2D eigenvalue weighted by Gasteiger charge is -2.14. The number of carboxylic acid groups (broad SMARTS) is 1. The Hall–Kier alpha value is -3.19. The largest absolute Gasteiger partial charge is 0.497 e. The second-order valence-electron chi connectivity index (χ2n) is 5.80. The monoisotopic (exact) mass is 400 g/mol. The average Bonchev–Trinajstić information content (AvgIpc) is 3.18. The number of rotatable bonds is 7. The Morgan fingerprint density at radius 3 is 1.89 bits per heavy atom. The molecule has 0 unspecified atom stereocenters. The molecule has 1 heterocycles. The molecule has 0 radical (unpaired) electrons. The first-order valence-corrected chi connectivity index (χ1v) is 9.16. The van der Waals surface area contributed by atoms with Crippen LogP contribution in [0.3, 0.4) is 0 Å². The van der Waals surface area contributed by atoms with Crippen LogP contribution < -0.4 is 18.9 Å². The van der Waals surface area contributed by atoms with Gasteiger partial charge in [0.05, 0.1) is 28.4 Å². The van der Waals surface area contributed by atoms with Crippen molar-refractivity contribution in [1.82, 2.24) is 0 Å². The van der Waals surface area contributed by atoms with Crippen LogP contribution in [0.15, 0.2) is 42.5 Å². The van der Waals surface area contributed by atoms with Crippen molar-refractivity contribution in [3.8, 4) is 44.6 Å². The zero-order valence-electron chi connectivity index (χ0n) is 15.9. The highest BCUT2D eigenvalue weighted by Crippen LogP contribution is 2.46. The third kappa shape index (κ3) is 3.61. The normalized spacial score (nSPS) is 10.4. The van der Waals surface area contributed by atoms with E-state index < -0.39 is 5.97 Å². The minimum absolute atomic E-state index is 0.245. The van der Waals surface area contributed by atoms with Crippen molar-refractivity contribution in [2.24, 2.45) is 0 Å². The molecule has 0 aliphatic carbocycles. The fraction of sp³-hybridized carbons (Fsp3) is 0.190. The van der Waals surface area contributed by atoms with Gasteiger partial charge in [-0.15, -0.1) is 11.3 Å². The lowest BCUT2D eigenvalue weighted by Crippen LogP contribution is -1.96. The summed E-state index contributed by atoms with van der Waals surface area (Å²) in [4.78, 5) is 12.7. The number of hydrogen-bond donors (Lipinski definition) is 1. The van der Waals surface area contributed by atoms with Crippen LogP contribution in [0.2, 0.25) is 0 Å². The molecule has 3 rings (SSSR count). The zero-order chi connectivity index (χ0) is 20.3. The van der Waals surface area contributed by atoms with Gasteiger partial charge in [0.2, 0.25) is 5.75 Å². The second kappa shape index (κ2) is 8.22. The van der Waals surface area contributed by atoms with Gasteiger partial charge in [0.15, 0.2) is 11.5 Å². The van der Waals surface area contributed by atoms with Gasteiger partial charge in [-0.05, 0) is 53.6 Å². The smallest absolute Gasteiger partial charge is 0.345 e. The number of carboxylic acids is 1. The molecule has 0 aliphatic heterocycles. The molecule has 146 valence electrons. The molecule has 0 aliphatic rings. The van der Waals surface area contributed by atoms with Gasteiger partial charge in [0.1, 0.15) is 10.6 Å². The predicted molar refractivity (Wildman–Crippen MR) is 108 cm³/mol.